The van der Waals surface area contributed by atoms with E-state index < -0.39 is 16.8 Å². The highest BCUT2D eigenvalue weighted by Gasteiger charge is 2.36. The molecule has 0 amide bonds. The van der Waals surface area contributed by atoms with Gasteiger partial charge < -0.3 is 9.47 Å². The fourth-order valence-corrected chi connectivity index (χ4v) is 2.38. The molecule has 1 heterocycles. The number of allylic oxidation sites excluding steroid dienone is 1. The van der Waals surface area contributed by atoms with Gasteiger partial charge in [-0.15, -0.1) is 0 Å². The van der Waals surface area contributed by atoms with E-state index in [4.69, 9.17) is 9.47 Å². The molecular formula is C15H17NO5. The van der Waals surface area contributed by atoms with Crippen molar-refractivity contribution in [3.05, 3.63) is 51.3 Å². The molecule has 21 heavy (non-hydrogen) atoms. The predicted molar refractivity (Wildman–Crippen MR) is 75.6 cm³/mol. The molecule has 1 aromatic rings. The molecule has 1 aliphatic heterocycles. The molecule has 6 nitrogen and oxygen atoms in total. The number of hydrogen-bond acceptors (Lipinski definition) is 5. The number of nitrogens with zero attached hydrogens (tertiary/aromatic N) is 1. The molecule has 0 radical (unpaired) electrons. The van der Waals surface area contributed by atoms with Gasteiger partial charge in [0.1, 0.15) is 11.5 Å². The van der Waals surface area contributed by atoms with Gasteiger partial charge in [-0.3, -0.25) is 10.1 Å². The number of para-hydroxylation sites is 1. The SMILES string of the molecule is CC1=C(C(=O)OC(C)C)[C@H](C[N+](=O)[O-])c2ccccc2O1. The first-order valence-corrected chi connectivity index (χ1v) is 6.70. The van der Waals surface area contributed by atoms with Crippen molar-refractivity contribution in [1.82, 2.24) is 0 Å². The average Bonchev–Trinajstić information content (AvgIpc) is 2.36. The Hall–Kier alpha value is -2.37. The van der Waals surface area contributed by atoms with E-state index in [1.807, 2.05) is 0 Å². The molecule has 1 aromatic carbocycles. The van der Waals surface area contributed by atoms with Crippen molar-refractivity contribution < 1.29 is 19.2 Å². The summed E-state index contributed by atoms with van der Waals surface area (Å²) in [5.41, 5.74) is 0.856. The second kappa shape index (κ2) is 5.95. The number of esters is 1. The number of ether oxygens (including phenoxy) is 2. The van der Waals surface area contributed by atoms with Crippen LogP contribution >= 0.6 is 0 Å². The monoisotopic (exact) mass is 291 g/mol. The van der Waals surface area contributed by atoms with E-state index in [2.05, 4.69) is 0 Å². The normalized spacial score (nSPS) is 17.2. The van der Waals surface area contributed by atoms with Gasteiger partial charge in [-0.05, 0) is 26.8 Å². The zero-order chi connectivity index (χ0) is 15.6. The number of nitro groups is 1. The Bertz CT molecular complexity index is 606. The van der Waals surface area contributed by atoms with Crippen LogP contribution in [0.2, 0.25) is 0 Å². The number of carbonyl (C=O) groups is 1. The van der Waals surface area contributed by atoms with Crippen LogP contribution in [0, 0.1) is 10.1 Å². The van der Waals surface area contributed by atoms with Gasteiger partial charge in [-0.25, -0.2) is 4.79 Å². The van der Waals surface area contributed by atoms with E-state index in [0.717, 1.165) is 0 Å². The molecule has 6 heteroatoms. The topological polar surface area (TPSA) is 78.7 Å². The maximum Gasteiger partial charge on any atom is 0.338 e. The fourth-order valence-electron chi connectivity index (χ4n) is 2.38. The van der Waals surface area contributed by atoms with Crippen LogP contribution in [0.4, 0.5) is 0 Å². The molecule has 0 bridgehead atoms. The molecule has 112 valence electrons. The summed E-state index contributed by atoms with van der Waals surface area (Å²) in [6, 6.07) is 7.02. The molecule has 0 aromatic heterocycles. The van der Waals surface area contributed by atoms with E-state index in [1.54, 1.807) is 45.0 Å². The number of benzene rings is 1. The van der Waals surface area contributed by atoms with Crippen LogP contribution in [0.5, 0.6) is 5.75 Å². The van der Waals surface area contributed by atoms with Crippen molar-refractivity contribution in [1.29, 1.82) is 0 Å². The van der Waals surface area contributed by atoms with Gasteiger partial charge in [0.2, 0.25) is 6.54 Å². The van der Waals surface area contributed by atoms with E-state index in [-0.39, 0.29) is 18.2 Å². The summed E-state index contributed by atoms with van der Waals surface area (Å²) in [7, 11) is 0. The standard InChI is InChI=1S/C15H17NO5/c1-9(2)20-15(17)14-10(3)21-13-7-5-4-6-11(13)12(14)8-16(18)19/h4-7,9,12H,8H2,1-3H3/t12-/m1/s1. The van der Waals surface area contributed by atoms with Gasteiger partial charge in [-0.1, -0.05) is 18.2 Å². The quantitative estimate of drug-likeness (QED) is 0.484. The van der Waals surface area contributed by atoms with Crippen molar-refractivity contribution in [2.75, 3.05) is 6.54 Å². The van der Waals surface area contributed by atoms with Crippen LogP contribution in [0.15, 0.2) is 35.6 Å². The molecule has 0 spiro atoms. The second-order valence-electron chi connectivity index (χ2n) is 5.13. The summed E-state index contributed by atoms with van der Waals surface area (Å²) in [6.45, 7) is 4.71. The van der Waals surface area contributed by atoms with Crippen LogP contribution in [0.3, 0.4) is 0 Å². The first-order chi connectivity index (χ1) is 9.90. The third-order valence-corrected chi connectivity index (χ3v) is 3.18. The third kappa shape index (κ3) is 3.21. The average molecular weight is 291 g/mol. The zero-order valence-electron chi connectivity index (χ0n) is 12.2. The van der Waals surface area contributed by atoms with Gasteiger partial charge in [0, 0.05) is 10.5 Å². The molecule has 0 saturated carbocycles. The molecule has 0 unspecified atom stereocenters. The lowest BCUT2D eigenvalue weighted by Gasteiger charge is -2.26. The lowest BCUT2D eigenvalue weighted by Crippen LogP contribution is -2.28. The number of rotatable bonds is 4. The summed E-state index contributed by atoms with van der Waals surface area (Å²) in [5, 5.41) is 11.0. The predicted octanol–water partition coefficient (Wildman–Crippen LogP) is 2.66. The first kappa shape index (κ1) is 15.0. The zero-order valence-corrected chi connectivity index (χ0v) is 12.2. The Morgan fingerprint density at radius 2 is 2.10 bits per heavy atom. The minimum atomic E-state index is -0.656. The largest absolute Gasteiger partial charge is 0.461 e. The van der Waals surface area contributed by atoms with Crippen molar-refractivity contribution in [2.24, 2.45) is 0 Å². The van der Waals surface area contributed by atoms with Crippen LogP contribution in [0.1, 0.15) is 32.3 Å². The third-order valence-electron chi connectivity index (χ3n) is 3.18. The van der Waals surface area contributed by atoms with Gasteiger partial charge in [0.15, 0.2) is 0 Å². The van der Waals surface area contributed by atoms with Gasteiger partial charge in [0.25, 0.3) is 0 Å². The van der Waals surface area contributed by atoms with Gasteiger partial charge in [0.05, 0.1) is 17.6 Å². The number of fused-ring (bicyclic) bond motifs is 1. The Labute approximate surface area is 122 Å². The van der Waals surface area contributed by atoms with Crippen LogP contribution in [-0.2, 0) is 9.53 Å². The first-order valence-electron chi connectivity index (χ1n) is 6.70. The summed E-state index contributed by atoms with van der Waals surface area (Å²) in [5.74, 6) is -0.325. The van der Waals surface area contributed by atoms with Crippen LogP contribution < -0.4 is 4.74 Å². The molecule has 2 rings (SSSR count). The minimum Gasteiger partial charge on any atom is -0.461 e. The Kier molecular flexibility index (Phi) is 4.26. The fraction of sp³-hybridized carbons (Fsp3) is 0.400. The van der Waals surface area contributed by atoms with Crippen molar-refractivity contribution in [2.45, 2.75) is 32.8 Å². The molecular weight excluding hydrogens is 274 g/mol. The van der Waals surface area contributed by atoms with E-state index in [0.29, 0.717) is 17.1 Å². The summed E-state index contributed by atoms with van der Waals surface area (Å²) in [4.78, 5) is 22.8. The van der Waals surface area contributed by atoms with Crippen LogP contribution in [0.25, 0.3) is 0 Å². The Balaban J connectivity index is 2.45. The van der Waals surface area contributed by atoms with E-state index in [9.17, 15) is 14.9 Å². The maximum atomic E-state index is 12.2. The molecule has 0 fully saturated rings. The molecule has 0 N–H and O–H groups in total. The van der Waals surface area contributed by atoms with Crippen molar-refractivity contribution in [3.63, 3.8) is 0 Å². The number of hydrogen-bond donors (Lipinski definition) is 0. The van der Waals surface area contributed by atoms with Crippen LogP contribution in [-0.4, -0.2) is 23.5 Å². The lowest BCUT2D eigenvalue weighted by molar-refractivity contribution is -0.482. The van der Waals surface area contributed by atoms with Crippen molar-refractivity contribution >= 4 is 5.97 Å². The maximum absolute atomic E-state index is 12.2. The lowest BCUT2D eigenvalue weighted by atomic mass is 9.87. The molecule has 1 atom stereocenters. The summed E-state index contributed by atoms with van der Waals surface area (Å²) >= 11 is 0. The highest BCUT2D eigenvalue weighted by atomic mass is 16.6. The summed E-state index contributed by atoms with van der Waals surface area (Å²) in [6.07, 6.45) is -0.300. The Morgan fingerprint density at radius 1 is 1.43 bits per heavy atom. The highest BCUT2D eigenvalue weighted by Crippen LogP contribution is 2.39. The van der Waals surface area contributed by atoms with Crippen molar-refractivity contribution in [3.8, 4) is 5.75 Å². The van der Waals surface area contributed by atoms with E-state index in [1.165, 1.54) is 0 Å². The molecule has 0 aliphatic carbocycles. The van der Waals surface area contributed by atoms with E-state index >= 15 is 0 Å². The molecule has 1 aliphatic rings. The summed E-state index contributed by atoms with van der Waals surface area (Å²) < 4.78 is 10.8. The minimum absolute atomic E-state index is 0.221. The van der Waals surface area contributed by atoms with Gasteiger partial charge >= 0.3 is 5.97 Å². The highest BCUT2D eigenvalue weighted by molar-refractivity contribution is 5.91. The second-order valence-corrected chi connectivity index (χ2v) is 5.13. The Morgan fingerprint density at radius 3 is 2.71 bits per heavy atom. The number of carbonyl (C=O) groups excluding carboxylic acids is 1. The smallest absolute Gasteiger partial charge is 0.338 e. The van der Waals surface area contributed by atoms with Gasteiger partial charge in [-0.2, -0.15) is 0 Å². The molecule has 0 saturated heterocycles.